The number of anilines is 1. The molecule has 2 N–H and O–H groups in total. The second-order valence-electron chi connectivity index (χ2n) is 3.82. The number of hydrogen-bond donors (Lipinski definition) is 1. The van der Waals surface area contributed by atoms with E-state index in [1.807, 2.05) is 24.3 Å². The lowest BCUT2D eigenvalue weighted by Gasteiger charge is -2.22. The summed E-state index contributed by atoms with van der Waals surface area (Å²) in [5, 5.41) is 0. The van der Waals surface area contributed by atoms with Gasteiger partial charge in [-0.1, -0.05) is 25.1 Å². The first-order chi connectivity index (χ1) is 7.77. The van der Waals surface area contributed by atoms with Gasteiger partial charge >= 0.3 is 6.09 Å². The molecule has 0 saturated carbocycles. The maximum atomic E-state index is 11.7. The maximum absolute atomic E-state index is 11.7. The molecule has 1 unspecified atom stereocenters. The van der Waals surface area contributed by atoms with Crippen LogP contribution in [-0.2, 0) is 11.2 Å². The standard InChI is InChI=1S/C12H16N2O2/c1-2-9-5-3-4-6-11(9)14-10(7-13)8-16-12(14)15/h3-6,10H,2,7-8,13H2,1H3. The van der Waals surface area contributed by atoms with Crippen LogP contribution in [0.5, 0.6) is 0 Å². The lowest BCUT2D eigenvalue weighted by Crippen LogP contribution is -2.39. The smallest absolute Gasteiger partial charge is 0.414 e. The zero-order valence-electron chi connectivity index (χ0n) is 9.35. The molecule has 0 aromatic heterocycles. The molecule has 1 atom stereocenters. The van der Waals surface area contributed by atoms with Crippen molar-refractivity contribution in [2.24, 2.45) is 5.73 Å². The van der Waals surface area contributed by atoms with Crippen LogP contribution < -0.4 is 10.6 Å². The van der Waals surface area contributed by atoms with Crippen LogP contribution in [0.2, 0.25) is 0 Å². The molecule has 1 aliphatic rings. The maximum Gasteiger partial charge on any atom is 0.414 e. The van der Waals surface area contributed by atoms with Crippen molar-refractivity contribution >= 4 is 11.8 Å². The van der Waals surface area contributed by atoms with Crippen molar-refractivity contribution in [2.75, 3.05) is 18.1 Å². The predicted octanol–water partition coefficient (Wildman–Crippen LogP) is 1.53. The zero-order chi connectivity index (χ0) is 11.5. The molecule has 1 amide bonds. The van der Waals surface area contributed by atoms with Gasteiger partial charge in [-0.05, 0) is 18.1 Å². The SMILES string of the molecule is CCc1ccccc1N1C(=O)OCC1CN. The van der Waals surface area contributed by atoms with E-state index in [1.54, 1.807) is 4.90 Å². The summed E-state index contributed by atoms with van der Waals surface area (Å²) in [5.41, 5.74) is 7.70. The summed E-state index contributed by atoms with van der Waals surface area (Å²) in [6.07, 6.45) is 0.591. The third-order valence-electron chi connectivity index (χ3n) is 2.87. The Hall–Kier alpha value is -1.55. The fourth-order valence-corrected chi connectivity index (χ4v) is 1.97. The second kappa shape index (κ2) is 4.53. The van der Waals surface area contributed by atoms with E-state index in [0.717, 1.165) is 17.7 Å². The first kappa shape index (κ1) is 11.0. The van der Waals surface area contributed by atoms with Gasteiger partial charge in [-0.15, -0.1) is 0 Å². The van der Waals surface area contributed by atoms with Gasteiger partial charge < -0.3 is 10.5 Å². The monoisotopic (exact) mass is 220 g/mol. The molecular formula is C12H16N2O2. The number of amides is 1. The van der Waals surface area contributed by atoms with E-state index in [9.17, 15) is 4.79 Å². The zero-order valence-corrected chi connectivity index (χ0v) is 9.35. The highest BCUT2D eigenvalue weighted by atomic mass is 16.6. The van der Waals surface area contributed by atoms with Crippen molar-refractivity contribution in [3.63, 3.8) is 0 Å². The molecule has 0 radical (unpaired) electrons. The quantitative estimate of drug-likeness (QED) is 0.840. The van der Waals surface area contributed by atoms with E-state index in [4.69, 9.17) is 10.5 Å². The molecule has 4 nitrogen and oxygen atoms in total. The third kappa shape index (κ3) is 1.76. The molecule has 4 heteroatoms. The average molecular weight is 220 g/mol. The number of para-hydroxylation sites is 1. The summed E-state index contributed by atoms with van der Waals surface area (Å²) >= 11 is 0. The van der Waals surface area contributed by atoms with Crippen molar-refractivity contribution in [1.82, 2.24) is 0 Å². The Morgan fingerprint density at radius 1 is 1.50 bits per heavy atom. The van der Waals surface area contributed by atoms with E-state index >= 15 is 0 Å². The summed E-state index contributed by atoms with van der Waals surface area (Å²) in [7, 11) is 0. The minimum Gasteiger partial charge on any atom is -0.447 e. The Balaban J connectivity index is 2.38. The molecule has 0 spiro atoms. The summed E-state index contributed by atoms with van der Waals surface area (Å²) < 4.78 is 5.03. The van der Waals surface area contributed by atoms with Gasteiger partial charge in [0.25, 0.3) is 0 Å². The van der Waals surface area contributed by atoms with E-state index in [-0.39, 0.29) is 12.1 Å². The van der Waals surface area contributed by atoms with Crippen molar-refractivity contribution in [2.45, 2.75) is 19.4 Å². The molecule has 1 heterocycles. The topological polar surface area (TPSA) is 55.6 Å². The van der Waals surface area contributed by atoms with E-state index < -0.39 is 0 Å². The van der Waals surface area contributed by atoms with Crippen LogP contribution >= 0.6 is 0 Å². The lowest BCUT2D eigenvalue weighted by atomic mass is 10.1. The largest absolute Gasteiger partial charge is 0.447 e. The number of carbonyl (C=O) groups excluding carboxylic acids is 1. The first-order valence-electron chi connectivity index (χ1n) is 5.52. The van der Waals surface area contributed by atoms with E-state index in [1.165, 1.54) is 0 Å². The number of carbonyl (C=O) groups is 1. The minimum absolute atomic E-state index is 0.0415. The van der Waals surface area contributed by atoms with E-state index in [2.05, 4.69) is 6.92 Å². The number of nitrogens with two attached hydrogens (primary N) is 1. The van der Waals surface area contributed by atoms with Gasteiger partial charge in [-0.3, -0.25) is 4.90 Å². The van der Waals surface area contributed by atoms with Gasteiger partial charge in [0.15, 0.2) is 0 Å². The Morgan fingerprint density at radius 3 is 2.94 bits per heavy atom. The third-order valence-corrected chi connectivity index (χ3v) is 2.87. The van der Waals surface area contributed by atoms with Crippen LogP contribution in [0.4, 0.5) is 10.5 Å². The van der Waals surface area contributed by atoms with Crippen LogP contribution in [0.3, 0.4) is 0 Å². The lowest BCUT2D eigenvalue weighted by molar-refractivity contribution is 0.179. The van der Waals surface area contributed by atoms with Crippen LogP contribution in [0, 0.1) is 0 Å². The molecule has 16 heavy (non-hydrogen) atoms. The van der Waals surface area contributed by atoms with Gasteiger partial charge in [0.1, 0.15) is 6.61 Å². The van der Waals surface area contributed by atoms with Crippen molar-refractivity contribution in [1.29, 1.82) is 0 Å². The summed E-state index contributed by atoms with van der Waals surface area (Å²) in [6, 6.07) is 7.82. The van der Waals surface area contributed by atoms with Gasteiger partial charge in [0.05, 0.1) is 11.7 Å². The molecule has 0 bridgehead atoms. The summed E-state index contributed by atoms with van der Waals surface area (Å²) in [6.45, 7) is 2.87. The Kier molecular flexibility index (Phi) is 3.10. The van der Waals surface area contributed by atoms with Crippen LogP contribution in [0.25, 0.3) is 0 Å². The molecule has 2 rings (SSSR count). The molecule has 1 saturated heterocycles. The van der Waals surface area contributed by atoms with E-state index in [0.29, 0.717) is 13.2 Å². The number of nitrogens with zero attached hydrogens (tertiary/aromatic N) is 1. The number of cyclic esters (lactones) is 1. The highest BCUT2D eigenvalue weighted by Gasteiger charge is 2.33. The Morgan fingerprint density at radius 2 is 2.25 bits per heavy atom. The fraction of sp³-hybridized carbons (Fsp3) is 0.417. The molecule has 1 aromatic carbocycles. The minimum atomic E-state index is -0.295. The number of aryl methyl sites for hydroxylation is 1. The molecule has 0 aliphatic carbocycles. The number of benzene rings is 1. The van der Waals surface area contributed by atoms with Crippen LogP contribution in [0.15, 0.2) is 24.3 Å². The van der Waals surface area contributed by atoms with Crippen molar-refractivity contribution in [3.8, 4) is 0 Å². The Bertz CT molecular complexity index is 392. The van der Waals surface area contributed by atoms with Crippen molar-refractivity contribution in [3.05, 3.63) is 29.8 Å². The molecular weight excluding hydrogens is 204 g/mol. The fourth-order valence-electron chi connectivity index (χ4n) is 1.97. The molecule has 1 aliphatic heterocycles. The average Bonchev–Trinajstić information content (AvgIpc) is 2.70. The van der Waals surface area contributed by atoms with Crippen LogP contribution in [0.1, 0.15) is 12.5 Å². The first-order valence-corrected chi connectivity index (χ1v) is 5.52. The normalized spacial score (nSPS) is 20.0. The second-order valence-corrected chi connectivity index (χ2v) is 3.82. The molecule has 1 fully saturated rings. The predicted molar refractivity (Wildman–Crippen MR) is 62.5 cm³/mol. The summed E-state index contributed by atoms with van der Waals surface area (Å²) in [5.74, 6) is 0. The van der Waals surface area contributed by atoms with Gasteiger partial charge in [0.2, 0.25) is 0 Å². The van der Waals surface area contributed by atoms with Gasteiger partial charge in [-0.25, -0.2) is 4.79 Å². The number of ether oxygens (including phenoxy) is 1. The number of hydrogen-bond acceptors (Lipinski definition) is 3. The van der Waals surface area contributed by atoms with Crippen LogP contribution in [-0.4, -0.2) is 25.3 Å². The number of rotatable bonds is 3. The summed E-state index contributed by atoms with van der Waals surface area (Å²) in [4.78, 5) is 13.3. The molecule has 86 valence electrons. The van der Waals surface area contributed by atoms with Crippen molar-refractivity contribution < 1.29 is 9.53 Å². The highest BCUT2D eigenvalue weighted by Crippen LogP contribution is 2.26. The molecule has 1 aromatic rings. The van der Waals surface area contributed by atoms with Gasteiger partial charge in [-0.2, -0.15) is 0 Å². The van der Waals surface area contributed by atoms with Gasteiger partial charge in [0, 0.05) is 6.54 Å². The Labute approximate surface area is 95.0 Å². The highest BCUT2D eigenvalue weighted by molar-refractivity contribution is 5.91.